The summed E-state index contributed by atoms with van der Waals surface area (Å²) in [5.41, 5.74) is 0. The Morgan fingerprint density at radius 3 is 1.37 bits per heavy atom. The topological polar surface area (TPSA) is 58.2 Å². The van der Waals surface area contributed by atoms with Crippen molar-refractivity contribution in [3.8, 4) is 0 Å². The largest absolute Gasteiger partial charge is 0.356 e. The van der Waals surface area contributed by atoms with Gasteiger partial charge in [-0.15, -0.1) is 0 Å². The normalized spacial score (nSPS) is 28.5. The van der Waals surface area contributed by atoms with Gasteiger partial charge in [0, 0.05) is 24.9 Å². The summed E-state index contributed by atoms with van der Waals surface area (Å²) in [4.78, 5) is 24.4. The molecule has 2 fully saturated rings. The standard InChI is InChI=1S/C23H42N2O2/c1-3-5-15-24-22(26)20-11-7-18(8-12-20)17-19-9-13-21(14-10-19)23(27)25-16-6-4-2/h18-21H,3-17H2,1-2H3,(H,24,26)(H,25,27). The summed E-state index contributed by atoms with van der Waals surface area (Å²) in [6, 6.07) is 0. The van der Waals surface area contributed by atoms with Gasteiger partial charge in [-0.25, -0.2) is 0 Å². The van der Waals surface area contributed by atoms with Gasteiger partial charge in [0.05, 0.1) is 0 Å². The zero-order chi connectivity index (χ0) is 19.5. The minimum atomic E-state index is 0.251. The molecule has 0 spiro atoms. The number of hydrogen-bond acceptors (Lipinski definition) is 2. The Hall–Kier alpha value is -1.06. The molecular weight excluding hydrogens is 336 g/mol. The number of amides is 2. The summed E-state index contributed by atoms with van der Waals surface area (Å²) in [5.74, 6) is 2.67. The highest BCUT2D eigenvalue weighted by Crippen LogP contribution is 2.38. The molecule has 0 unspecified atom stereocenters. The van der Waals surface area contributed by atoms with E-state index in [1.165, 1.54) is 32.1 Å². The third-order valence-electron chi connectivity index (χ3n) is 6.76. The van der Waals surface area contributed by atoms with E-state index in [1.54, 1.807) is 0 Å². The SMILES string of the molecule is CCCCNC(=O)C1CCC(CC2CCC(C(=O)NCCCC)CC2)CC1. The second-order valence-corrected chi connectivity index (χ2v) is 8.96. The van der Waals surface area contributed by atoms with Crippen molar-refractivity contribution in [2.45, 2.75) is 97.3 Å². The quantitative estimate of drug-likeness (QED) is 0.535. The first-order valence-corrected chi connectivity index (χ1v) is 11.7. The Morgan fingerprint density at radius 1 is 0.667 bits per heavy atom. The zero-order valence-corrected chi connectivity index (χ0v) is 17.7. The second kappa shape index (κ2) is 12.4. The number of hydrogen-bond donors (Lipinski definition) is 2. The highest BCUT2D eigenvalue weighted by atomic mass is 16.2. The lowest BCUT2D eigenvalue weighted by Gasteiger charge is -2.33. The van der Waals surface area contributed by atoms with Crippen LogP contribution in [0.4, 0.5) is 0 Å². The second-order valence-electron chi connectivity index (χ2n) is 8.96. The highest BCUT2D eigenvalue weighted by molar-refractivity contribution is 5.79. The fraction of sp³-hybridized carbons (Fsp3) is 0.913. The fourth-order valence-corrected chi connectivity index (χ4v) is 4.86. The predicted octanol–water partition coefficient (Wildman–Crippen LogP) is 4.82. The lowest BCUT2D eigenvalue weighted by molar-refractivity contribution is -0.126. The molecule has 0 radical (unpaired) electrons. The molecule has 2 aliphatic carbocycles. The molecule has 0 heterocycles. The summed E-state index contributed by atoms with van der Waals surface area (Å²) in [7, 11) is 0. The van der Waals surface area contributed by atoms with Gasteiger partial charge in [0.15, 0.2) is 0 Å². The van der Waals surface area contributed by atoms with E-state index in [1.807, 2.05) is 0 Å². The summed E-state index contributed by atoms with van der Waals surface area (Å²) in [6.45, 7) is 5.99. The van der Waals surface area contributed by atoms with Crippen molar-refractivity contribution in [2.75, 3.05) is 13.1 Å². The van der Waals surface area contributed by atoms with Crippen LogP contribution in [0.25, 0.3) is 0 Å². The Labute approximate surface area is 166 Å². The first-order valence-electron chi connectivity index (χ1n) is 11.7. The summed E-state index contributed by atoms with van der Waals surface area (Å²) in [6.07, 6.45) is 14.9. The maximum atomic E-state index is 12.2. The lowest BCUT2D eigenvalue weighted by atomic mass is 9.73. The van der Waals surface area contributed by atoms with E-state index in [4.69, 9.17) is 0 Å². The molecule has 156 valence electrons. The first kappa shape index (κ1) is 22.2. The van der Waals surface area contributed by atoms with Crippen LogP contribution >= 0.6 is 0 Å². The Bertz CT molecular complexity index is 396. The smallest absolute Gasteiger partial charge is 0.223 e. The van der Waals surface area contributed by atoms with Gasteiger partial charge in [-0.05, 0) is 82.5 Å². The van der Waals surface area contributed by atoms with Crippen LogP contribution in [-0.2, 0) is 9.59 Å². The van der Waals surface area contributed by atoms with Crippen molar-refractivity contribution >= 4 is 11.8 Å². The number of unbranched alkanes of at least 4 members (excludes halogenated alkanes) is 2. The zero-order valence-electron chi connectivity index (χ0n) is 17.7. The van der Waals surface area contributed by atoms with Crippen LogP contribution < -0.4 is 10.6 Å². The van der Waals surface area contributed by atoms with Gasteiger partial charge in [0.1, 0.15) is 0 Å². The minimum absolute atomic E-state index is 0.251. The third kappa shape index (κ3) is 7.83. The molecule has 0 aliphatic heterocycles. The van der Waals surface area contributed by atoms with Gasteiger partial charge >= 0.3 is 0 Å². The van der Waals surface area contributed by atoms with Gasteiger partial charge in [-0.2, -0.15) is 0 Å². The summed E-state index contributed by atoms with van der Waals surface area (Å²) in [5, 5.41) is 6.21. The van der Waals surface area contributed by atoms with E-state index in [0.717, 1.165) is 76.3 Å². The van der Waals surface area contributed by atoms with Crippen LogP contribution in [0.2, 0.25) is 0 Å². The first-order chi connectivity index (χ1) is 13.1. The third-order valence-corrected chi connectivity index (χ3v) is 6.76. The molecule has 0 atom stereocenters. The molecular formula is C23H42N2O2. The number of nitrogens with one attached hydrogen (secondary N) is 2. The molecule has 27 heavy (non-hydrogen) atoms. The molecule has 4 nitrogen and oxygen atoms in total. The van der Waals surface area contributed by atoms with Crippen LogP contribution in [0, 0.1) is 23.7 Å². The van der Waals surface area contributed by atoms with Gasteiger partial charge in [0.25, 0.3) is 0 Å². The van der Waals surface area contributed by atoms with Crippen molar-refractivity contribution < 1.29 is 9.59 Å². The molecule has 2 amide bonds. The summed E-state index contributed by atoms with van der Waals surface area (Å²) < 4.78 is 0. The number of carbonyl (C=O) groups excluding carboxylic acids is 2. The van der Waals surface area contributed by atoms with Crippen molar-refractivity contribution in [3.05, 3.63) is 0 Å². The van der Waals surface area contributed by atoms with E-state index in [-0.39, 0.29) is 23.7 Å². The molecule has 0 aromatic rings. The molecule has 0 aromatic heterocycles. The number of carbonyl (C=O) groups is 2. The van der Waals surface area contributed by atoms with Gasteiger partial charge in [-0.1, -0.05) is 26.7 Å². The van der Waals surface area contributed by atoms with Crippen LogP contribution in [0.3, 0.4) is 0 Å². The lowest BCUT2D eigenvalue weighted by Crippen LogP contribution is -2.35. The van der Waals surface area contributed by atoms with Crippen LogP contribution in [-0.4, -0.2) is 24.9 Å². The highest BCUT2D eigenvalue weighted by Gasteiger charge is 2.30. The van der Waals surface area contributed by atoms with Gasteiger partial charge in [0.2, 0.25) is 11.8 Å². The van der Waals surface area contributed by atoms with E-state index < -0.39 is 0 Å². The molecule has 2 saturated carbocycles. The van der Waals surface area contributed by atoms with E-state index >= 15 is 0 Å². The van der Waals surface area contributed by atoms with E-state index in [0.29, 0.717) is 0 Å². The van der Waals surface area contributed by atoms with Crippen molar-refractivity contribution in [1.82, 2.24) is 10.6 Å². The maximum absolute atomic E-state index is 12.2. The van der Waals surface area contributed by atoms with Crippen molar-refractivity contribution in [1.29, 1.82) is 0 Å². The summed E-state index contributed by atoms with van der Waals surface area (Å²) >= 11 is 0. The van der Waals surface area contributed by atoms with Crippen molar-refractivity contribution in [2.24, 2.45) is 23.7 Å². The molecule has 4 heteroatoms. The fourth-order valence-electron chi connectivity index (χ4n) is 4.86. The molecule has 2 aliphatic rings. The molecule has 0 aromatic carbocycles. The average molecular weight is 379 g/mol. The monoisotopic (exact) mass is 378 g/mol. The van der Waals surface area contributed by atoms with Crippen molar-refractivity contribution in [3.63, 3.8) is 0 Å². The minimum Gasteiger partial charge on any atom is -0.356 e. The van der Waals surface area contributed by atoms with Crippen LogP contribution in [0.15, 0.2) is 0 Å². The average Bonchev–Trinajstić information content (AvgIpc) is 2.69. The Kier molecular flexibility index (Phi) is 10.2. The Morgan fingerprint density at radius 2 is 1.04 bits per heavy atom. The van der Waals surface area contributed by atoms with E-state index in [2.05, 4.69) is 24.5 Å². The predicted molar refractivity (Wildman–Crippen MR) is 111 cm³/mol. The molecule has 2 N–H and O–H groups in total. The molecule has 2 rings (SSSR count). The number of rotatable bonds is 10. The van der Waals surface area contributed by atoms with Crippen LogP contribution in [0.1, 0.15) is 97.3 Å². The Balaban J connectivity index is 1.60. The van der Waals surface area contributed by atoms with E-state index in [9.17, 15) is 9.59 Å². The molecule has 0 bridgehead atoms. The van der Waals surface area contributed by atoms with Crippen LogP contribution in [0.5, 0.6) is 0 Å². The van der Waals surface area contributed by atoms with Gasteiger partial charge in [-0.3, -0.25) is 9.59 Å². The maximum Gasteiger partial charge on any atom is 0.223 e. The molecule has 0 saturated heterocycles. The van der Waals surface area contributed by atoms with Gasteiger partial charge < -0.3 is 10.6 Å².